The maximum atomic E-state index is 12.5. The predicted octanol–water partition coefficient (Wildman–Crippen LogP) is 4.74. The van der Waals surface area contributed by atoms with Crippen LogP contribution in [0.5, 0.6) is 5.75 Å². The fraction of sp³-hybridized carbons (Fsp3) is 0.125. The Hall–Kier alpha value is -3.58. The summed E-state index contributed by atoms with van der Waals surface area (Å²) in [4.78, 5) is 12.5. The van der Waals surface area contributed by atoms with Crippen LogP contribution in [0.15, 0.2) is 84.0 Å². The number of anilines is 1. The molecule has 0 aliphatic carbocycles. The highest BCUT2D eigenvalue weighted by Crippen LogP contribution is 2.26. The van der Waals surface area contributed by atoms with Gasteiger partial charge in [-0.3, -0.25) is 9.36 Å². The summed E-state index contributed by atoms with van der Waals surface area (Å²) in [5.74, 6) is 0.998. The summed E-state index contributed by atoms with van der Waals surface area (Å²) in [5.41, 5.74) is 3.82. The van der Waals surface area contributed by atoms with Crippen LogP contribution in [0.4, 0.5) is 5.69 Å². The second-order valence-corrected chi connectivity index (χ2v) is 8.07. The van der Waals surface area contributed by atoms with E-state index in [2.05, 4.69) is 15.5 Å². The second kappa shape index (κ2) is 9.49. The number of hydrogen-bond donors (Lipinski definition) is 2. The number of nitrogens with zero attached hydrogens (tertiary/aromatic N) is 3. The van der Waals surface area contributed by atoms with E-state index in [4.69, 9.17) is 0 Å². The van der Waals surface area contributed by atoms with Crippen molar-refractivity contribution in [1.82, 2.24) is 14.8 Å². The summed E-state index contributed by atoms with van der Waals surface area (Å²) < 4.78 is 1.99. The molecule has 156 valence electrons. The largest absolute Gasteiger partial charge is 0.508 e. The first kappa shape index (κ1) is 20.7. The molecule has 7 heteroatoms. The maximum absolute atomic E-state index is 12.5. The standard InChI is InChI=1S/C24H22N4O2S/c1-17-6-5-9-20(14-17)25-22(30)16-31-24-27-26-23(19-10-12-21(29)13-11-19)28(24)15-18-7-3-2-4-8-18/h2-14,29H,15-16H2,1H3,(H,25,30). The lowest BCUT2D eigenvalue weighted by atomic mass is 10.2. The first-order valence-electron chi connectivity index (χ1n) is 9.84. The topological polar surface area (TPSA) is 80.0 Å². The van der Waals surface area contributed by atoms with Gasteiger partial charge in [0.05, 0.1) is 12.3 Å². The molecule has 4 rings (SSSR count). The van der Waals surface area contributed by atoms with E-state index in [1.807, 2.05) is 66.1 Å². The lowest BCUT2D eigenvalue weighted by Crippen LogP contribution is -2.15. The highest BCUT2D eigenvalue weighted by molar-refractivity contribution is 7.99. The van der Waals surface area contributed by atoms with Gasteiger partial charge in [0.1, 0.15) is 5.75 Å². The zero-order valence-electron chi connectivity index (χ0n) is 17.0. The number of amides is 1. The lowest BCUT2D eigenvalue weighted by molar-refractivity contribution is -0.113. The Labute approximate surface area is 185 Å². The molecule has 0 radical (unpaired) electrons. The minimum atomic E-state index is -0.101. The van der Waals surface area contributed by atoms with Gasteiger partial charge in [0.15, 0.2) is 11.0 Å². The van der Waals surface area contributed by atoms with Crippen LogP contribution >= 0.6 is 11.8 Å². The Morgan fingerprint density at radius 3 is 2.52 bits per heavy atom. The molecular weight excluding hydrogens is 408 g/mol. The zero-order chi connectivity index (χ0) is 21.6. The lowest BCUT2D eigenvalue weighted by Gasteiger charge is -2.11. The van der Waals surface area contributed by atoms with Crippen LogP contribution in [0.1, 0.15) is 11.1 Å². The fourth-order valence-corrected chi connectivity index (χ4v) is 3.92. The van der Waals surface area contributed by atoms with Crippen molar-refractivity contribution in [2.45, 2.75) is 18.6 Å². The molecule has 0 aliphatic rings. The van der Waals surface area contributed by atoms with Crippen molar-refractivity contribution < 1.29 is 9.90 Å². The number of benzene rings is 3. The predicted molar refractivity (Wildman–Crippen MR) is 123 cm³/mol. The molecule has 1 aromatic heterocycles. The monoisotopic (exact) mass is 430 g/mol. The molecule has 0 fully saturated rings. The second-order valence-electron chi connectivity index (χ2n) is 7.13. The number of carbonyl (C=O) groups excluding carboxylic acids is 1. The molecule has 1 amide bonds. The Morgan fingerprint density at radius 1 is 1.00 bits per heavy atom. The third kappa shape index (κ3) is 5.32. The summed E-state index contributed by atoms with van der Waals surface area (Å²) in [5, 5.41) is 21.9. The SMILES string of the molecule is Cc1cccc(NC(=O)CSc2nnc(-c3ccc(O)cc3)n2Cc2ccccc2)c1. The minimum absolute atomic E-state index is 0.101. The van der Waals surface area contributed by atoms with Gasteiger partial charge in [-0.2, -0.15) is 0 Å². The number of aryl methyl sites for hydroxylation is 1. The third-order valence-corrected chi connectivity index (χ3v) is 5.63. The smallest absolute Gasteiger partial charge is 0.234 e. The van der Waals surface area contributed by atoms with Gasteiger partial charge in [-0.05, 0) is 54.4 Å². The molecule has 0 spiro atoms. The number of rotatable bonds is 7. The van der Waals surface area contributed by atoms with E-state index in [0.29, 0.717) is 17.5 Å². The van der Waals surface area contributed by atoms with Gasteiger partial charge in [-0.25, -0.2) is 0 Å². The van der Waals surface area contributed by atoms with Gasteiger partial charge in [0.2, 0.25) is 5.91 Å². The van der Waals surface area contributed by atoms with E-state index in [9.17, 15) is 9.90 Å². The van der Waals surface area contributed by atoms with Crippen molar-refractivity contribution in [3.8, 4) is 17.1 Å². The number of phenols is 1. The van der Waals surface area contributed by atoms with Crippen LogP contribution in [0.2, 0.25) is 0 Å². The van der Waals surface area contributed by atoms with E-state index in [1.165, 1.54) is 11.8 Å². The van der Waals surface area contributed by atoms with E-state index in [-0.39, 0.29) is 17.4 Å². The molecule has 0 bridgehead atoms. The molecule has 2 N–H and O–H groups in total. The van der Waals surface area contributed by atoms with Crippen molar-refractivity contribution in [3.05, 3.63) is 90.0 Å². The van der Waals surface area contributed by atoms with Crippen LogP contribution in [0.3, 0.4) is 0 Å². The summed E-state index contributed by atoms with van der Waals surface area (Å²) in [6.07, 6.45) is 0. The number of aromatic hydroxyl groups is 1. The molecular formula is C24H22N4O2S. The van der Waals surface area contributed by atoms with E-state index < -0.39 is 0 Å². The van der Waals surface area contributed by atoms with Gasteiger partial charge in [0.25, 0.3) is 0 Å². The van der Waals surface area contributed by atoms with E-state index in [1.54, 1.807) is 24.3 Å². The number of phenolic OH excluding ortho intramolecular Hbond substituents is 1. The van der Waals surface area contributed by atoms with E-state index in [0.717, 1.165) is 22.4 Å². The number of aromatic nitrogens is 3. The summed E-state index contributed by atoms with van der Waals surface area (Å²) in [6.45, 7) is 2.56. The van der Waals surface area contributed by atoms with Crippen LogP contribution < -0.4 is 5.32 Å². The summed E-state index contributed by atoms with van der Waals surface area (Å²) in [6, 6.07) is 24.6. The Morgan fingerprint density at radius 2 is 1.77 bits per heavy atom. The van der Waals surface area contributed by atoms with Crippen molar-refractivity contribution in [2.24, 2.45) is 0 Å². The van der Waals surface area contributed by atoms with Gasteiger partial charge < -0.3 is 10.4 Å². The number of nitrogens with one attached hydrogen (secondary N) is 1. The highest BCUT2D eigenvalue weighted by Gasteiger charge is 2.16. The van der Waals surface area contributed by atoms with Gasteiger partial charge in [-0.15, -0.1) is 10.2 Å². The number of hydrogen-bond acceptors (Lipinski definition) is 5. The molecule has 1 heterocycles. The van der Waals surface area contributed by atoms with Crippen LogP contribution in [0, 0.1) is 6.92 Å². The van der Waals surface area contributed by atoms with Crippen molar-refractivity contribution >= 4 is 23.4 Å². The van der Waals surface area contributed by atoms with Gasteiger partial charge in [-0.1, -0.05) is 54.2 Å². The third-order valence-electron chi connectivity index (χ3n) is 4.66. The van der Waals surface area contributed by atoms with Crippen molar-refractivity contribution in [2.75, 3.05) is 11.1 Å². The Balaban J connectivity index is 1.55. The molecule has 0 saturated heterocycles. The average molecular weight is 431 g/mol. The average Bonchev–Trinajstić information content (AvgIpc) is 3.16. The zero-order valence-corrected chi connectivity index (χ0v) is 17.8. The molecule has 0 aliphatic heterocycles. The Bertz CT molecular complexity index is 1170. The maximum Gasteiger partial charge on any atom is 0.234 e. The molecule has 4 aromatic rings. The Kier molecular flexibility index (Phi) is 6.33. The van der Waals surface area contributed by atoms with E-state index >= 15 is 0 Å². The normalized spacial score (nSPS) is 10.7. The molecule has 31 heavy (non-hydrogen) atoms. The first-order chi connectivity index (χ1) is 15.1. The van der Waals surface area contributed by atoms with Crippen molar-refractivity contribution in [3.63, 3.8) is 0 Å². The first-order valence-corrected chi connectivity index (χ1v) is 10.8. The molecule has 3 aromatic carbocycles. The van der Waals surface area contributed by atoms with Crippen molar-refractivity contribution in [1.29, 1.82) is 0 Å². The summed E-state index contributed by atoms with van der Waals surface area (Å²) >= 11 is 1.34. The van der Waals surface area contributed by atoms with Gasteiger partial charge >= 0.3 is 0 Å². The molecule has 0 saturated carbocycles. The van der Waals surface area contributed by atoms with Crippen LogP contribution in [-0.4, -0.2) is 31.5 Å². The number of thioether (sulfide) groups is 1. The van der Waals surface area contributed by atoms with Gasteiger partial charge in [0, 0.05) is 11.3 Å². The molecule has 6 nitrogen and oxygen atoms in total. The van der Waals surface area contributed by atoms with Crippen LogP contribution in [0.25, 0.3) is 11.4 Å². The highest BCUT2D eigenvalue weighted by atomic mass is 32.2. The fourth-order valence-electron chi connectivity index (χ4n) is 3.18. The quantitative estimate of drug-likeness (QED) is 0.414. The molecule has 0 atom stereocenters. The molecule has 0 unspecified atom stereocenters. The summed E-state index contributed by atoms with van der Waals surface area (Å²) in [7, 11) is 0. The van der Waals surface area contributed by atoms with Crippen LogP contribution in [-0.2, 0) is 11.3 Å². The minimum Gasteiger partial charge on any atom is -0.508 e. The number of carbonyl (C=O) groups is 1.